The molecule has 4 amide bonds. The van der Waals surface area contributed by atoms with Crippen molar-refractivity contribution in [1.29, 1.82) is 0 Å². The first kappa shape index (κ1) is 18.5. The minimum Gasteiger partial charge on any atom is -0.360 e. The Balaban J connectivity index is 1.22. The minimum atomic E-state index is -1.14. The largest absolute Gasteiger partial charge is 0.360 e. The molecule has 4 aliphatic heterocycles. The van der Waals surface area contributed by atoms with E-state index in [1.807, 2.05) is 25.1 Å². The van der Waals surface area contributed by atoms with Crippen LogP contribution >= 0.6 is 0 Å². The van der Waals surface area contributed by atoms with Gasteiger partial charge in [0.05, 0.1) is 42.0 Å². The number of likely N-dealkylation sites (tertiary alicyclic amines) is 1. The van der Waals surface area contributed by atoms with Crippen LogP contribution in [0.25, 0.3) is 0 Å². The van der Waals surface area contributed by atoms with Gasteiger partial charge in [0.25, 0.3) is 0 Å². The summed E-state index contributed by atoms with van der Waals surface area (Å²) in [6, 6.07) is 7.27. The number of benzene rings is 1. The van der Waals surface area contributed by atoms with E-state index in [2.05, 4.69) is 12.2 Å². The lowest BCUT2D eigenvalue weighted by molar-refractivity contribution is -0.146. The number of allylic oxidation sites excluding steroid dienone is 2. The van der Waals surface area contributed by atoms with E-state index in [1.54, 1.807) is 18.2 Å². The van der Waals surface area contributed by atoms with Crippen molar-refractivity contribution >= 4 is 29.3 Å². The first-order valence-electron chi connectivity index (χ1n) is 11.2. The molecule has 4 fully saturated rings. The smallest absolute Gasteiger partial charge is 0.241 e. The van der Waals surface area contributed by atoms with Crippen molar-refractivity contribution in [2.24, 2.45) is 35.5 Å². The lowest BCUT2D eigenvalue weighted by atomic mass is 9.76. The van der Waals surface area contributed by atoms with Crippen LogP contribution < -0.4 is 4.90 Å². The highest BCUT2D eigenvalue weighted by Crippen LogP contribution is 2.56. The molecule has 3 saturated heterocycles. The van der Waals surface area contributed by atoms with E-state index < -0.39 is 23.5 Å². The zero-order chi connectivity index (χ0) is 21.9. The average molecular weight is 430 g/mol. The van der Waals surface area contributed by atoms with Crippen LogP contribution in [0.3, 0.4) is 0 Å². The molecule has 162 valence electrons. The van der Waals surface area contributed by atoms with Crippen LogP contribution in [-0.4, -0.2) is 46.8 Å². The molecule has 7 nitrogen and oxygen atoms in total. The van der Waals surface area contributed by atoms with Gasteiger partial charge in [-0.1, -0.05) is 42.0 Å². The third-order valence-corrected chi connectivity index (χ3v) is 8.41. The summed E-state index contributed by atoms with van der Waals surface area (Å²) in [6.45, 7) is 1.94. The van der Waals surface area contributed by atoms with Gasteiger partial charge in [-0.3, -0.25) is 24.1 Å². The Morgan fingerprint density at radius 1 is 0.875 bits per heavy atom. The number of rotatable bonds is 3. The number of imide groups is 2. The Morgan fingerprint density at radius 2 is 1.53 bits per heavy atom. The molecule has 2 aliphatic carbocycles. The van der Waals surface area contributed by atoms with Gasteiger partial charge in [0.2, 0.25) is 23.6 Å². The molecular weight excluding hydrogens is 408 g/mol. The highest BCUT2D eigenvalue weighted by Gasteiger charge is 2.70. The van der Waals surface area contributed by atoms with Crippen LogP contribution in [0.5, 0.6) is 0 Å². The van der Waals surface area contributed by atoms with E-state index in [0.717, 1.165) is 12.0 Å². The molecule has 32 heavy (non-hydrogen) atoms. The Bertz CT molecular complexity index is 1140. The van der Waals surface area contributed by atoms with Gasteiger partial charge in [-0.05, 0) is 37.3 Å². The van der Waals surface area contributed by atoms with Gasteiger partial charge in [-0.15, -0.1) is 0 Å². The fourth-order valence-electron chi connectivity index (χ4n) is 7.00. The van der Waals surface area contributed by atoms with Crippen LogP contribution in [-0.2, 0) is 23.9 Å². The van der Waals surface area contributed by atoms with E-state index >= 15 is 0 Å². The molecule has 1 aromatic rings. The number of aryl methyl sites for hydroxylation is 1. The summed E-state index contributed by atoms with van der Waals surface area (Å²) in [6.07, 6.45) is 8.08. The Morgan fingerprint density at radius 3 is 2.19 bits per heavy atom. The molecule has 7 heteroatoms. The molecule has 0 unspecified atom stereocenters. The van der Waals surface area contributed by atoms with Gasteiger partial charge in [-0.25, -0.2) is 4.90 Å². The van der Waals surface area contributed by atoms with E-state index in [0.29, 0.717) is 5.69 Å². The molecule has 1 aromatic carbocycles. The second-order valence-electron chi connectivity index (χ2n) is 10.0. The maximum Gasteiger partial charge on any atom is 0.241 e. The summed E-state index contributed by atoms with van der Waals surface area (Å²) in [5, 5.41) is 0. The van der Waals surface area contributed by atoms with E-state index in [9.17, 15) is 19.2 Å². The number of carbonyl (C=O) groups is 4. The summed E-state index contributed by atoms with van der Waals surface area (Å²) in [5.41, 5.74) is 0.438. The number of fused-ring (bicyclic) bond motifs is 10. The number of hydrogen-bond donors (Lipinski definition) is 0. The fraction of sp³-hybridized carbons (Fsp3) is 0.440. The molecule has 4 heterocycles. The van der Waals surface area contributed by atoms with Crippen LogP contribution in [0, 0.1) is 42.4 Å². The zero-order valence-corrected chi connectivity index (χ0v) is 17.5. The zero-order valence-electron chi connectivity index (χ0n) is 17.5. The molecule has 8 atom stereocenters. The number of amides is 4. The Hall–Kier alpha value is -3.06. The van der Waals surface area contributed by atoms with Crippen LogP contribution in [0.2, 0.25) is 0 Å². The molecule has 4 bridgehead atoms. The van der Waals surface area contributed by atoms with Crippen molar-refractivity contribution in [3.8, 4) is 0 Å². The van der Waals surface area contributed by atoms with Crippen molar-refractivity contribution < 1.29 is 23.9 Å². The molecule has 0 radical (unpaired) electrons. The first-order valence-corrected chi connectivity index (χ1v) is 11.2. The summed E-state index contributed by atoms with van der Waals surface area (Å²) in [5.74, 6) is -2.63. The molecule has 0 N–H and O–H groups in total. The Labute approximate surface area is 184 Å². The van der Waals surface area contributed by atoms with Crippen LogP contribution in [0.4, 0.5) is 5.69 Å². The quantitative estimate of drug-likeness (QED) is 0.538. The standard InChI is InChI=1S/C25H22N2O5/c1-12-2-6-15(7-3-12)27-23(30)19-16-8-9-25(32-16,20(19)24(27)31)11-26-21(28)17-13-4-5-14(10-13)18(17)22(26)29/h2-9,13-14,16-20H,10-11H2,1H3/t13-,14-,16+,17-,18+,19-,20-,25+/m0/s1. The topological polar surface area (TPSA) is 84.0 Å². The number of ether oxygens (including phenoxy) is 1. The molecule has 1 saturated carbocycles. The van der Waals surface area contributed by atoms with Crippen LogP contribution in [0.1, 0.15) is 12.0 Å². The van der Waals surface area contributed by atoms with E-state index in [-0.39, 0.29) is 53.8 Å². The maximum atomic E-state index is 13.5. The van der Waals surface area contributed by atoms with Gasteiger partial charge in [-0.2, -0.15) is 0 Å². The predicted octanol–water partition coefficient (Wildman–Crippen LogP) is 1.62. The third kappa shape index (κ3) is 2.05. The summed E-state index contributed by atoms with van der Waals surface area (Å²) in [4.78, 5) is 55.8. The van der Waals surface area contributed by atoms with Gasteiger partial charge in [0, 0.05) is 0 Å². The van der Waals surface area contributed by atoms with Gasteiger partial charge in [0.15, 0.2) is 0 Å². The van der Waals surface area contributed by atoms with Crippen LogP contribution in [0.15, 0.2) is 48.6 Å². The molecule has 0 aromatic heterocycles. The normalized spacial score (nSPS) is 42.7. The molecule has 6 aliphatic rings. The predicted molar refractivity (Wildman–Crippen MR) is 112 cm³/mol. The third-order valence-electron chi connectivity index (χ3n) is 8.41. The molecular formula is C25H22N2O5. The first-order chi connectivity index (χ1) is 15.4. The highest BCUT2D eigenvalue weighted by atomic mass is 16.5. The number of nitrogens with zero attached hydrogens (tertiary/aromatic N) is 2. The van der Waals surface area contributed by atoms with Crippen molar-refractivity contribution in [3.63, 3.8) is 0 Å². The lowest BCUT2D eigenvalue weighted by Gasteiger charge is -2.32. The van der Waals surface area contributed by atoms with Gasteiger partial charge >= 0.3 is 0 Å². The maximum absolute atomic E-state index is 13.5. The summed E-state index contributed by atoms with van der Waals surface area (Å²) >= 11 is 0. The fourth-order valence-corrected chi connectivity index (χ4v) is 7.00. The van der Waals surface area contributed by atoms with E-state index in [4.69, 9.17) is 4.74 Å². The molecule has 0 spiro atoms. The van der Waals surface area contributed by atoms with Gasteiger partial charge < -0.3 is 4.74 Å². The second kappa shape index (κ2) is 5.84. The average Bonchev–Trinajstić information content (AvgIpc) is 3.60. The van der Waals surface area contributed by atoms with Crippen molar-refractivity contribution in [3.05, 3.63) is 54.1 Å². The van der Waals surface area contributed by atoms with Crippen molar-refractivity contribution in [2.45, 2.75) is 25.0 Å². The lowest BCUT2D eigenvalue weighted by Crippen LogP contribution is -2.51. The van der Waals surface area contributed by atoms with Gasteiger partial charge in [0.1, 0.15) is 5.60 Å². The second-order valence-corrected chi connectivity index (χ2v) is 10.0. The highest BCUT2D eigenvalue weighted by molar-refractivity contribution is 6.23. The summed E-state index contributed by atoms with van der Waals surface area (Å²) in [7, 11) is 0. The minimum absolute atomic E-state index is 0.00791. The number of carbonyl (C=O) groups excluding carboxylic acids is 4. The molecule has 7 rings (SSSR count). The monoisotopic (exact) mass is 430 g/mol. The SMILES string of the molecule is Cc1ccc(N2C(=O)[C@@H]3[C@@H](C2=O)[C@]2(CN4C(=O)[C@@H]5[C@H](C4=O)[C@H]4C=C[C@H]5C4)C=C[C@H]3O2)cc1. The number of hydrogen-bond acceptors (Lipinski definition) is 5. The summed E-state index contributed by atoms with van der Waals surface area (Å²) < 4.78 is 6.18. The van der Waals surface area contributed by atoms with E-state index in [1.165, 1.54) is 9.80 Å². The van der Waals surface area contributed by atoms with Crippen molar-refractivity contribution in [2.75, 3.05) is 11.4 Å². The van der Waals surface area contributed by atoms with Crippen molar-refractivity contribution in [1.82, 2.24) is 4.90 Å². The number of anilines is 1. The Kier molecular flexibility index (Phi) is 3.38.